The second-order valence-electron chi connectivity index (χ2n) is 11.0. The van der Waals surface area contributed by atoms with Crippen molar-refractivity contribution in [3.8, 4) is 11.8 Å². The number of carboxylic acid groups (broad SMARTS) is 1. The van der Waals surface area contributed by atoms with Crippen molar-refractivity contribution >= 4 is 29.5 Å². The topological polar surface area (TPSA) is 164 Å². The van der Waals surface area contributed by atoms with Crippen molar-refractivity contribution in [2.24, 2.45) is 10.5 Å². The lowest BCUT2D eigenvalue weighted by atomic mass is 9.73. The van der Waals surface area contributed by atoms with Crippen LogP contribution in [0.2, 0.25) is 0 Å². The molecule has 0 aromatic heterocycles. The van der Waals surface area contributed by atoms with Crippen molar-refractivity contribution in [2.75, 3.05) is 26.7 Å². The van der Waals surface area contributed by atoms with Crippen LogP contribution in [0.4, 0.5) is 4.79 Å². The number of benzene rings is 2. The maximum Gasteiger partial charge on any atom is 0.405 e. The SMILES string of the molecule is CN1N=C2CCN(C(=O)[C@@H](CCOc3cccc(C#N)c3)NC(=O)C(C)(C)NC(=O)O)C[C@@]2(Cc2ccccc2)C1=O. The Hall–Kier alpha value is -4.92. The lowest BCUT2D eigenvalue weighted by Crippen LogP contribution is -2.62. The number of hydrazone groups is 1. The van der Waals surface area contributed by atoms with Gasteiger partial charge in [0, 0.05) is 33.0 Å². The highest BCUT2D eigenvalue weighted by atomic mass is 16.5. The third kappa shape index (κ3) is 6.52. The summed E-state index contributed by atoms with van der Waals surface area (Å²) in [7, 11) is 1.60. The van der Waals surface area contributed by atoms with Crippen molar-refractivity contribution in [1.29, 1.82) is 5.26 Å². The molecule has 0 spiro atoms. The van der Waals surface area contributed by atoms with Crippen LogP contribution in [-0.2, 0) is 20.8 Å². The van der Waals surface area contributed by atoms with Gasteiger partial charge in [0.15, 0.2) is 0 Å². The fourth-order valence-corrected chi connectivity index (χ4v) is 5.31. The Kier molecular flexibility index (Phi) is 8.80. The second kappa shape index (κ2) is 12.3. The molecule has 3 N–H and O–H groups in total. The largest absolute Gasteiger partial charge is 0.493 e. The molecule has 0 saturated carbocycles. The van der Waals surface area contributed by atoms with Gasteiger partial charge in [-0.05, 0) is 44.0 Å². The fraction of sp³-hybridized carbons (Fsp3) is 0.400. The number of ether oxygens (including phenoxy) is 1. The van der Waals surface area contributed by atoms with Gasteiger partial charge >= 0.3 is 6.09 Å². The van der Waals surface area contributed by atoms with Crippen LogP contribution in [0.1, 0.15) is 37.8 Å². The average Bonchev–Trinajstić information content (AvgIpc) is 3.20. The lowest BCUT2D eigenvalue weighted by Gasteiger charge is -2.41. The maximum atomic E-state index is 14.0. The molecule has 0 radical (unpaired) electrons. The molecule has 0 aliphatic carbocycles. The summed E-state index contributed by atoms with van der Waals surface area (Å²) >= 11 is 0. The first-order chi connectivity index (χ1) is 19.9. The molecule has 220 valence electrons. The van der Waals surface area contributed by atoms with E-state index in [1.54, 1.807) is 36.2 Å². The molecule has 42 heavy (non-hydrogen) atoms. The molecule has 4 rings (SSSR count). The molecule has 0 unspecified atom stereocenters. The van der Waals surface area contributed by atoms with E-state index in [1.165, 1.54) is 18.9 Å². The van der Waals surface area contributed by atoms with Crippen molar-refractivity contribution in [3.63, 3.8) is 0 Å². The van der Waals surface area contributed by atoms with Crippen LogP contribution in [-0.4, -0.2) is 82.9 Å². The quantitative estimate of drug-likeness (QED) is 0.391. The summed E-state index contributed by atoms with van der Waals surface area (Å²) in [6.07, 6.45) is -0.571. The number of hydrogen-bond acceptors (Lipinski definition) is 7. The van der Waals surface area contributed by atoms with Gasteiger partial charge in [-0.15, -0.1) is 0 Å². The summed E-state index contributed by atoms with van der Waals surface area (Å²) in [6.45, 7) is 3.19. The van der Waals surface area contributed by atoms with Gasteiger partial charge in [-0.25, -0.2) is 9.80 Å². The second-order valence-corrected chi connectivity index (χ2v) is 11.0. The molecule has 1 saturated heterocycles. The molecule has 2 atom stereocenters. The number of hydrogen-bond donors (Lipinski definition) is 3. The lowest BCUT2D eigenvalue weighted by molar-refractivity contribution is -0.142. The average molecular weight is 575 g/mol. The number of likely N-dealkylation sites (tertiary alicyclic amines) is 1. The van der Waals surface area contributed by atoms with Crippen molar-refractivity contribution in [3.05, 3.63) is 65.7 Å². The monoisotopic (exact) mass is 574 g/mol. The molecule has 2 heterocycles. The highest BCUT2D eigenvalue weighted by Crippen LogP contribution is 2.38. The molecular weight excluding hydrogens is 540 g/mol. The van der Waals surface area contributed by atoms with Crippen LogP contribution in [0.15, 0.2) is 59.7 Å². The summed E-state index contributed by atoms with van der Waals surface area (Å²) in [4.78, 5) is 53.5. The minimum Gasteiger partial charge on any atom is -0.493 e. The van der Waals surface area contributed by atoms with Crippen LogP contribution >= 0.6 is 0 Å². The highest BCUT2D eigenvalue weighted by molar-refractivity contribution is 6.13. The number of nitriles is 1. The molecule has 4 amide bonds. The molecule has 12 heteroatoms. The minimum absolute atomic E-state index is 0.0235. The zero-order valence-electron chi connectivity index (χ0n) is 23.8. The van der Waals surface area contributed by atoms with Gasteiger partial charge in [0.2, 0.25) is 11.8 Å². The Bertz CT molecular complexity index is 1440. The summed E-state index contributed by atoms with van der Waals surface area (Å²) in [5, 5.41) is 29.0. The predicted octanol–water partition coefficient (Wildman–Crippen LogP) is 2.15. The van der Waals surface area contributed by atoms with Crippen LogP contribution in [0.5, 0.6) is 5.75 Å². The summed E-state index contributed by atoms with van der Waals surface area (Å²) in [5.74, 6) is -0.881. The van der Waals surface area contributed by atoms with Crippen molar-refractivity contribution in [2.45, 2.75) is 44.7 Å². The molecule has 0 bridgehead atoms. The minimum atomic E-state index is -1.52. The number of carbonyl (C=O) groups is 4. The van der Waals surface area contributed by atoms with Gasteiger partial charge < -0.3 is 25.4 Å². The van der Waals surface area contributed by atoms with E-state index in [4.69, 9.17) is 10.00 Å². The maximum absolute atomic E-state index is 14.0. The molecule has 2 aliphatic heterocycles. The zero-order chi connectivity index (χ0) is 30.5. The van der Waals surface area contributed by atoms with Gasteiger partial charge in [-0.3, -0.25) is 14.4 Å². The van der Waals surface area contributed by atoms with E-state index in [2.05, 4.69) is 15.7 Å². The Morgan fingerprint density at radius 3 is 2.62 bits per heavy atom. The van der Waals surface area contributed by atoms with E-state index in [-0.39, 0.29) is 25.5 Å². The van der Waals surface area contributed by atoms with Crippen LogP contribution in [0.3, 0.4) is 0 Å². The summed E-state index contributed by atoms with van der Waals surface area (Å²) in [5.41, 5.74) is -0.488. The molecule has 12 nitrogen and oxygen atoms in total. The van der Waals surface area contributed by atoms with Crippen molar-refractivity contribution in [1.82, 2.24) is 20.5 Å². The van der Waals surface area contributed by atoms with Crippen molar-refractivity contribution < 1.29 is 29.0 Å². The molecule has 1 fully saturated rings. The summed E-state index contributed by atoms with van der Waals surface area (Å²) in [6, 6.07) is 17.0. The van der Waals surface area contributed by atoms with Crippen LogP contribution in [0, 0.1) is 16.7 Å². The predicted molar refractivity (Wildman–Crippen MR) is 152 cm³/mol. The Labute approximate surface area is 243 Å². The Morgan fingerprint density at radius 2 is 1.93 bits per heavy atom. The first-order valence-corrected chi connectivity index (χ1v) is 13.6. The van der Waals surface area contributed by atoms with Gasteiger partial charge in [0.05, 0.1) is 24.0 Å². The summed E-state index contributed by atoms with van der Waals surface area (Å²) < 4.78 is 5.78. The number of fused-ring (bicyclic) bond motifs is 1. The van der Waals surface area contributed by atoms with Crippen LogP contribution < -0.4 is 15.4 Å². The Balaban J connectivity index is 1.56. The number of nitrogens with one attached hydrogen (secondary N) is 2. The van der Waals surface area contributed by atoms with E-state index in [0.717, 1.165) is 11.3 Å². The van der Waals surface area contributed by atoms with E-state index in [1.807, 2.05) is 36.4 Å². The molecule has 2 aromatic carbocycles. The van der Waals surface area contributed by atoms with Gasteiger partial charge in [0.1, 0.15) is 22.7 Å². The van der Waals surface area contributed by atoms with Gasteiger partial charge in [-0.2, -0.15) is 10.4 Å². The van der Waals surface area contributed by atoms with Gasteiger partial charge in [-0.1, -0.05) is 36.4 Å². The molecule has 2 aliphatic rings. The third-order valence-electron chi connectivity index (χ3n) is 7.50. The number of piperidine rings is 1. The van der Waals surface area contributed by atoms with Crippen LogP contribution in [0.25, 0.3) is 0 Å². The van der Waals surface area contributed by atoms with E-state index in [9.17, 15) is 24.3 Å². The first kappa shape index (κ1) is 30.0. The smallest absolute Gasteiger partial charge is 0.405 e. The van der Waals surface area contributed by atoms with E-state index >= 15 is 0 Å². The van der Waals surface area contributed by atoms with E-state index < -0.39 is 34.9 Å². The highest BCUT2D eigenvalue weighted by Gasteiger charge is 2.54. The Morgan fingerprint density at radius 1 is 1.19 bits per heavy atom. The first-order valence-electron chi connectivity index (χ1n) is 13.6. The number of carbonyl (C=O) groups excluding carboxylic acids is 3. The number of amides is 4. The number of nitrogens with zero attached hydrogens (tertiary/aromatic N) is 4. The zero-order valence-corrected chi connectivity index (χ0v) is 23.8. The normalized spacial score (nSPS) is 18.8. The molecular formula is C30H34N6O6. The fourth-order valence-electron chi connectivity index (χ4n) is 5.31. The molecule has 2 aromatic rings. The van der Waals surface area contributed by atoms with E-state index in [0.29, 0.717) is 30.7 Å². The third-order valence-corrected chi connectivity index (χ3v) is 7.50. The van der Waals surface area contributed by atoms with Gasteiger partial charge in [0.25, 0.3) is 5.91 Å². The standard InChI is InChI=1S/C30H34N6O6/c1-29(2,33-28(40)41)26(38)32-23(13-15-42-22-11-7-10-21(16-22)18-31)25(37)36-14-12-24-30(19-36,27(39)35(3)34-24)17-20-8-5-4-6-9-20/h4-11,16,23,33H,12-15,17,19H2,1-3H3,(H,32,38)(H,40,41)/t23-,30-/m1/s1. The number of rotatable bonds is 10.